The van der Waals surface area contributed by atoms with Crippen molar-refractivity contribution in [3.8, 4) is 0 Å². The summed E-state index contributed by atoms with van der Waals surface area (Å²) in [7, 11) is 0. The van der Waals surface area contributed by atoms with E-state index in [9.17, 15) is 18.0 Å². The van der Waals surface area contributed by atoms with Crippen molar-refractivity contribution < 1.29 is 18.0 Å². The molecule has 1 fully saturated rings. The molecule has 1 aromatic rings. The van der Waals surface area contributed by atoms with Gasteiger partial charge in [-0.25, -0.2) is 0 Å². The van der Waals surface area contributed by atoms with Gasteiger partial charge >= 0.3 is 6.18 Å². The molecule has 2 rings (SSSR count). The lowest BCUT2D eigenvalue weighted by atomic mass is 9.76. The Balaban J connectivity index is 2.07. The molecule has 2 nitrogen and oxygen atoms in total. The third kappa shape index (κ3) is 4.49. The van der Waals surface area contributed by atoms with Gasteiger partial charge in [-0.2, -0.15) is 13.2 Å². The molecule has 0 saturated carbocycles. The van der Waals surface area contributed by atoms with Crippen LogP contribution in [0.25, 0.3) is 0 Å². The average molecular weight is 327 g/mol. The van der Waals surface area contributed by atoms with Crippen molar-refractivity contribution in [2.24, 2.45) is 11.3 Å². The van der Waals surface area contributed by atoms with Crippen LogP contribution in [-0.2, 0) is 17.4 Å². The summed E-state index contributed by atoms with van der Waals surface area (Å²) in [5.41, 5.74) is 0.189. The number of halogens is 3. The van der Waals surface area contributed by atoms with Crippen LogP contribution in [0.2, 0.25) is 0 Å². The largest absolute Gasteiger partial charge is 0.416 e. The molecule has 0 aliphatic carbocycles. The fourth-order valence-electron chi connectivity index (χ4n) is 3.32. The average Bonchev–Trinajstić information content (AvgIpc) is 2.45. The third-order valence-electron chi connectivity index (χ3n) is 4.50. The lowest BCUT2D eigenvalue weighted by Gasteiger charge is -2.41. The first-order valence-electron chi connectivity index (χ1n) is 8.06. The molecule has 1 aliphatic rings. The molecular weight excluding hydrogens is 303 g/mol. The summed E-state index contributed by atoms with van der Waals surface area (Å²) in [6, 6.07) is 5.38. The standard InChI is InChI=1S/C18H24F3NO/c1-13(2)16(23)22-10-4-9-17(3,12-22)11-14-5-7-15(8-6-14)18(19,20)21/h5-8,13H,4,9-12H2,1-3H3/t17-/m1/s1. The number of rotatable bonds is 3. The minimum atomic E-state index is -4.30. The maximum Gasteiger partial charge on any atom is 0.416 e. The molecule has 1 aliphatic heterocycles. The zero-order chi connectivity index (χ0) is 17.3. The Hall–Kier alpha value is -1.52. The van der Waals surface area contributed by atoms with Crippen LogP contribution < -0.4 is 0 Å². The van der Waals surface area contributed by atoms with Gasteiger partial charge in [-0.1, -0.05) is 32.9 Å². The number of alkyl halides is 3. The second kappa shape index (κ2) is 6.54. The highest BCUT2D eigenvalue weighted by molar-refractivity contribution is 5.78. The minimum absolute atomic E-state index is 0.0246. The van der Waals surface area contributed by atoms with E-state index in [4.69, 9.17) is 0 Å². The van der Waals surface area contributed by atoms with Crippen LogP contribution in [0.1, 0.15) is 44.7 Å². The van der Waals surface area contributed by atoms with Gasteiger partial charge in [0.25, 0.3) is 0 Å². The summed E-state index contributed by atoms with van der Waals surface area (Å²) in [6.45, 7) is 7.35. The molecule has 0 aromatic heterocycles. The Morgan fingerprint density at radius 2 is 1.87 bits per heavy atom. The summed E-state index contributed by atoms with van der Waals surface area (Å²) in [5.74, 6) is 0.131. The first-order chi connectivity index (χ1) is 10.6. The SMILES string of the molecule is CC(C)C(=O)N1CCC[C@](C)(Cc2ccc(C(F)(F)F)cc2)C1. The molecule has 23 heavy (non-hydrogen) atoms. The Kier molecular flexibility index (Phi) is 5.07. The highest BCUT2D eigenvalue weighted by Crippen LogP contribution is 2.35. The molecule has 1 atom stereocenters. The van der Waals surface area contributed by atoms with Gasteiger partial charge in [-0.05, 0) is 42.4 Å². The molecule has 128 valence electrons. The number of hydrogen-bond acceptors (Lipinski definition) is 1. The van der Waals surface area contributed by atoms with E-state index < -0.39 is 11.7 Å². The van der Waals surface area contributed by atoms with Crippen LogP contribution >= 0.6 is 0 Å². The number of amides is 1. The van der Waals surface area contributed by atoms with E-state index in [1.54, 1.807) is 12.1 Å². The fraction of sp³-hybridized carbons (Fsp3) is 0.611. The lowest BCUT2D eigenvalue weighted by Crippen LogP contribution is -2.47. The maximum atomic E-state index is 12.6. The number of hydrogen-bond donors (Lipinski definition) is 0. The van der Waals surface area contributed by atoms with E-state index in [1.165, 1.54) is 0 Å². The number of likely N-dealkylation sites (tertiary alicyclic amines) is 1. The van der Waals surface area contributed by atoms with E-state index >= 15 is 0 Å². The van der Waals surface area contributed by atoms with Crippen LogP contribution in [0.4, 0.5) is 13.2 Å². The van der Waals surface area contributed by atoms with Crippen molar-refractivity contribution in [1.82, 2.24) is 4.90 Å². The molecule has 0 radical (unpaired) electrons. The summed E-state index contributed by atoms with van der Waals surface area (Å²) < 4.78 is 37.9. The molecule has 1 saturated heterocycles. The van der Waals surface area contributed by atoms with Gasteiger partial charge in [0.1, 0.15) is 0 Å². The van der Waals surface area contributed by atoms with E-state index in [1.807, 2.05) is 18.7 Å². The summed E-state index contributed by atoms with van der Waals surface area (Å²) in [5, 5.41) is 0. The molecule has 0 bridgehead atoms. The van der Waals surface area contributed by atoms with Crippen LogP contribution in [-0.4, -0.2) is 23.9 Å². The van der Waals surface area contributed by atoms with E-state index in [0.717, 1.165) is 37.1 Å². The molecule has 1 aromatic carbocycles. The van der Waals surface area contributed by atoms with Crippen molar-refractivity contribution in [1.29, 1.82) is 0 Å². The van der Waals surface area contributed by atoms with Crippen LogP contribution in [0.5, 0.6) is 0 Å². The molecule has 0 unspecified atom stereocenters. The number of benzene rings is 1. The quantitative estimate of drug-likeness (QED) is 0.798. The van der Waals surface area contributed by atoms with Gasteiger partial charge in [0.05, 0.1) is 5.56 Å². The number of carbonyl (C=O) groups excluding carboxylic acids is 1. The second-order valence-electron chi connectivity index (χ2n) is 7.20. The zero-order valence-corrected chi connectivity index (χ0v) is 13.9. The summed E-state index contributed by atoms with van der Waals surface area (Å²) in [6.07, 6.45) is -1.69. The van der Waals surface area contributed by atoms with E-state index in [0.29, 0.717) is 13.0 Å². The van der Waals surface area contributed by atoms with Gasteiger partial charge < -0.3 is 4.90 Å². The van der Waals surface area contributed by atoms with Gasteiger partial charge in [-0.3, -0.25) is 4.79 Å². The maximum absolute atomic E-state index is 12.6. The normalized spacial score (nSPS) is 22.5. The van der Waals surface area contributed by atoms with Gasteiger partial charge in [0, 0.05) is 19.0 Å². The minimum Gasteiger partial charge on any atom is -0.342 e. The molecule has 1 heterocycles. The van der Waals surface area contributed by atoms with Gasteiger partial charge in [0.2, 0.25) is 5.91 Å². The van der Waals surface area contributed by atoms with Crippen molar-refractivity contribution in [2.75, 3.05) is 13.1 Å². The second-order valence-corrected chi connectivity index (χ2v) is 7.20. The monoisotopic (exact) mass is 327 g/mol. The van der Waals surface area contributed by atoms with Gasteiger partial charge in [-0.15, -0.1) is 0 Å². The number of carbonyl (C=O) groups is 1. The van der Waals surface area contributed by atoms with Crippen LogP contribution in [0.3, 0.4) is 0 Å². The first-order valence-corrected chi connectivity index (χ1v) is 8.06. The highest BCUT2D eigenvalue weighted by Gasteiger charge is 2.34. The third-order valence-corrected chi connectivity index (χ3v) is 4.50. The van der Waals surface area contributed by atoms with Gasteiger partial charge in [0.15, 0.2) is 0 Å². The predicted octanol–water partition coefficient (Wildman–Crippen LogP) is 4.53. The Morgan fingerprint density at radius 3 is 2.39 bits per heavy atom. The zero-order valence-electron chi connectivity index (χ0n) is 13.9. The molecular formula is C18H24F3NO. The van der Waals surface area contributed by atoms with E-state index in [2.05, 4.69) is 6.92 Å². The molecule has 0 spiro atoms. The Labute approximate surface area is 135 Å². The van der Waals surface area contributed by atoms with Crippen LogP contribution in [0.15, 0.2) is 24.3 Å². The van der Waals surface area contributed by atoms with Crippen molar-refractivity contribution >= 4 is 5.91 Å². The fourth-order valence-corrected chi connectivity index (χ4v) is 3.32. The number of piperidine rings is 1. The van der Waals surface area contributed by atoms with Crippen LogP contribution in [0, 0.1) is 11.3 Å². The smallest absolute Gasteiger partial charge is 0.342 e. The molecule has 0 N–H and O–H groups in total. The first kappa shape index (κ1) is 17.8. The predicted molar refractivity (Wildman–Crippen MR) is 83.9 cm³/mol. The molecule has 5 heteroatoms. The van der Waals surface area contributed by atoms with Crippen molar-refractivity contribution in [3.63, 3.8) is 0 Å². The summed E-state index contributed by atoms with van der Waals surface area (Å²) in [4.78, 5) is 14.1. The lowest BCUT2D eigenvalue weighted by molar-refractivity contribution is -0.138. The number of nitrogens with zero attached hydrogens (tertiary/aromatic N) is 1. The van der Waals surface area contributed by atoms with Crippen molar-refractivity contribution in [3.05, 3.63) is 35.4 Å². The van der Waals surface area contributed by atoms with E-state index in [-0.39, 0.29) is 17.2 Å². The topological polar surface area (TPSA) is 20.3 Å². The highest BCUT2D eigenvalue weighted by atomic mass is 19.4. The van der Waals surface area contributed by atoms with Crippen molar-refractivity contribution in [2.45, 2.75) is 46.2 Å². The summed E-state index contributed by atoms with van der Waals surface area (Å²) >= 11 is 0. The Bertz CT molecular complexity index is 550. The molecule has 1 amide bonds. The Morgan fingerprint density at radius 1 is 1.26 bits per heavy atom.